The van der Waals surface area contributed by atoms with Crippen molar-refractivity contribution in [2.24, 2.45) is 0 Å². The van der Waals surface area contributed by atoms with Gasteiger partial charge in [0.1, 0.15) is 23.0 Å². The van der Waals surface area contributed by atoms with Crippen molar-refractivity contribution < 1.29 is 14.0 Å². The van der Waals surface area contributed by atoms with Crippen molar-refractivity contribution in [2.75, 3.05) is 16.8 Å². The fourth-order valence-corrected chi connectivity index (χ4v) is 3.10. The molecule has 134 valence electrons. The molecule has 9 nitrogen and oxygen atoms in total. The minimum atomic E-state index is -0.339. The summed E-state index contributed by atoms with van der Waals surface area (Å²) < 4.78 is 6.51. The third-order valence-corrected chi connectivity index (χ3v) is 4.44. The second kappa shape index (κ2) is 8.32. The smallest absolute Gasteiger partial charge is 0.302 e. The SMILES string of the molecule is CC[n+]1cc(NC(=O)CSc2nc(N)c(C#N)c(C(C)C)c2C#N)on1. The van der Waals surface area contributed by atoms with E-state index in [0.29, 0.717) is 17.1 Å². The summed E-state index contributed by atoms with van der Waals surface area (Å²) in [6.45, 7) is 6.24. The molecule has 0 unspecified atom stereocenters. The Balaban J connectivity index is 2.20. The van der Waals surface area contributed by atoms with Crippen molar-refractivity contribution in [1.29, 1.82) is 10.5 Å². The molecule has 26 heavy (non-hydrogen) atoms. The minimum Gasteiger partial charge on any atom is -0.383 e. The Morgan fingerprint density at radius 1 is 1.42 bits per heavy atom. The predicted octanol–water partition coefficient (Wildman–Crippen LogP) is 1.56. The van der Waals surface area contributed by atoms with Crippen LogP contribution < -0.4 is 15.7 Å². The Morgan fingerprint density at radius 2 is 2.12 bits per heavy atom. The van der Waals surface area contributed by atoms with E-state index in [1.807, 2.05) is 26.8 Å². The third-order valence-electron chi connectivity index (χ3n) is 3.47. The van der Waals surface area contributed by atoms with E-state index in [1.165, 1.54) is 4.68 Å². The molecule has 3 N–H and O–H groups in total. The van der Waals surface area contributed by atoms with Crippen LogP contribution in [0.3, 0.4) is 0 Å². The van der Waals surface area contributed by atoms with Gasteiger partial charge in [0.25, 0.3) is 6.20 Å². The summed E-state index contributed by atoms with van der Waals surface area (Å²) in [7, 11) is 0. The Kier molecular flexibility index (Phi) is 6.15. The largest absolute Gasteiger partial charge is 0.383 e. The highest BCUT2D eigenvalue weighted by atomic mass is 32.2. The van der Waals surface area contributed by atoms with Crippen LogP contribution in [-0.2, 0) is 11.3 Å². The Hall–Kier alpha value is -3.11. The lowest BCUT2D eigenvalue weighted by molar-refractivity contribution is -0.759. The van der Waals surface area contributed by atoms with Gasteiger partial charge in [0, 0.05) is 0 Å². The van der Waals surface area contributed by atoms with E-state index < -0.39 is 0 Å². The van der Waals surface area contributed by atoms with Crippen molar-refractivity contribution in [3.63, 3.8) is 0 Å². The fraction of sp³-hybridized carbons (Fsp3) is 0.375. The summed E-state index contributed by atoms with van der Waals surface area (Å²) >= 11 is 1.07. The fourth-order valence-electron chi connectivity index (χ4n) is 2.30. The maximum absolute atomic E-state index is 12.1. The molecule has 2 rings (SSSR count). The molecular formula is C16H18N7O2S+. The van der Waals surface area contributed by atoms with Crippen molar-refractivity contribution in [3.05, 3.63) is 22.9 Å². The Bertz CT molecular complexity index is 909. The topological polar surface area (TPSA) is 146 Å². The number of nitriles is 2. The quantitative estimate of drug-likeness (QED) is 0.574. The molecule has 0 aliphatic carbocycles. The normalized spacial score (nSPS) is 10.4. The Labute approximate surface area is 154 Å². The molecule has 2 aromatic rings. The number of thioether (sulfide) groups is 1. The molecule has 2 aromatic heterocycles. The van der Waals surface area contributed by atoms with Crippen LogP contribution in [0, 0.1) is 22.7 Å². The molecule has 0 saturated carbocycles. The van der Waals surface area contributed by atoms with Gasteiger partial charge in [0.2, 0.25) is 11.2 Å². The third kappa shape index (κ3) is 4.10. The van der Waals surface area contributed by atoms with Gasteiger partial charge in [-0.3, -0.25) is 14.6 Å². The minimum absolute atomic E-state index is 0.00260. The van der Waals surface area contributed by atoms with Crippen LogP contribution >= 0.6 is 11.8 Å². The van der Waals surface area contributed by atoms with E-state index in [9.17, 15) is 15.3 Å². The molecule has 0 aromatic carbocycles. The first kappa shape index (κ1) is 19.2. The standard InChI is InChI=1S/C16H17N7O2S/c1-4-23-7-13(25-22-23)20-12(24)8-26-16-11(6-18)14(9(2)3)10(5-17)15(19)21-16/h7,9H,4,8H2,1-3H3,(H2-,19,20,21,22,24)/p+1. The number of rotatable bonds is 6. The number of carbonyl (C=O) groups excluding carboxylic acids is 1. The summed E-state index contributed by atoms with van der Waals surface area (Å²) in [4.78, 5) is 16.2. The molecule has 0 atom stereocenters. The monoisotopic (exact) mass is 372 g/mol. The molecule has 1 amide bonds. The van der Waals surface area contributed by atoms with E-state index in [4.69, 9.17) is 10.3 Å². The van der Waals surface area contributed by atoms with Crippen LogP contribution in [0.2, 0.25) is 0 Å². The van der Waals surface area contributed by atoms with Gasteiger partial charge in [-0.25, -0.2) is 4.98 Å². The van der Waals surface area contributed by atoms with Crippen molar-refractivity contribution in [2.45, 2.75) is 38.3 Å². The molecular weight excluding hydrogens is 354 g/mol. The number of amides is 1. The number of hydrogen-bond acceptors (Lipinski definition) is 8. The Morgan fingerprint density at radius 3 is 2.65 bits per heavy atom. The first-order chi connectivity index (χ1) is 12.4. The zero-order valence-electron chi connectivity index (χ0n) is 14.6. The number of nitrogens with two attached hydrogens (primary N) is 1. The van der Waals surface area contributed by atoms with Crippen LogP contribution in [0.25, 0.3) is 0 Å². The van der Waals surface area contributed by atoms with Gasteiger partial charge in [0.05, 0.1) is 16.9 Å². The number of carbonyl (C=O) groups is 1. The number of nitrogens with zero attached hydrogens (tertiary/aromatic N) is 5. The molecule has 0 radical (unpaired) electrons. The van der Waals surface area contributed by atoms with Crippen molar-refractivity contribution in [1.82, 2.24) is 10.3 Å². The molecule has 0 aliphatic rings. The molecule has 0 spiro atoms. The summed E-state index contributed by atoms with van der Waals surface area (Å²) in [5.74, 6) is -0.145. The number of nitrogens with one attached hydrogen (secondary N) is 1. The van der Waals surface area contributed by atoms with Gasteiger partial charge >= 0.3 is 5.88 Å². The lowest BCUT2D eigenvalue weighted by Crippen LogP contribution is -2.32. The lowest BCUT2D eigenvalue weighted by Gasteiger charge is -2.14. The van der Waals surface area contributed by atoms with Gasteiger partial charge in [-0.1, -0.05) is 30.3 Å². The molecule has 0 aliphatic heterocycles. The number of aromatic nitrogens is 3. The zero-order chi connectivity index (χ0) is 19.3. The lowest BCUT2D eigenvalue weighted by atomic mass is 9.94. The number of nitrogen functional groups attached to an aromatic ring is 1. The van der Waals surface area contributed by atoms with Crippen LogP contribution in [0.5, 0.6) is 0 Å². The van der Waals surface area contributed by atoms with Gasteiger partial charge in [-0.15, -0.1) is 0 Å². The van der Waals surface area contributed by atoms with Crippen LogP contribution in [0.15, 0.2) is 15.7 Å². The molecule has 0 saturated heterocycles. The van der Waals surface area contributed by atoms with Gasteiger partial charge in [-0.05, 0) is 18.4 Å². The number of aryl methyl sites for hydroxylation is 1. The second-order valence-corrected chi connectivity index (χ2v) is 6.57. The van der Waals surface area contributed by atoms with Crippen LogP contribution in [0.4, 0.5) is 11.7 Å². The van der Waals surface area contributed by atoms with Gasteiger partial charge in [-0.2, -0.15) is 10.5 Å². The first-order valence-electron chi connectivity index (χ1n) is 7.83. The first-order valence-corrected chi connectivity index (χ1v) is 8.82. The van der Waals surface area contributed by atoms with E-state index in [2.05, 4.69) is 21.6 Å². The van der Waals surface area contributed by atoms with Crippen molar-refractivity contribution in [3.8, 4) is 12.1 Å². The van der Waals surface area contributed by atoms with E-state index in [1.54, 1.807) is 6.20 Å². The number of anilines is 2. The van der Waals surface area contributed by atoms with Crippen molar-refractivity contribution >= 4 is 29.4 Å². The molecule has 2 heterocycles. The highest BCUT2D eigenvalue weighted by Gasteiger charge is 2.22. The maximum atomic E-state index is 12.1. The van der Waals surface area contributed by atoms with E-state index in [0.717, 1.165) is 11.8 Å². The molecule has 10 heteroatoms. The summed E-state index contributed by atoms with van der Waals surface area (Å²) in [6, 6.07) is 4.08. The van der Waals surface area contributed by atoms with Gasteiger partial charge in [0.15, 0.2) is 6.54 Å². The zero-order valence-corrected chi connectivity index (χ0v) is 15.4. The average Bonchev–Trinajstić information content (AvgIpc) is 3.06. The van der Waals surface area contributed by atoms with Gasteiger partial charge < -0.3 is 5.73 Å². The molecule has 0 fully saturated rings. The second-order valence-electron chi connectivity index (χ2n) is 5.60. The molecule has 0 bridgehead atoms. The number of hydrogen-bond donors (Lipinski definition) is 2. The summed E-state index contributed by atoms with van der Waals surface area (Å²) in [5.41, 5.74) is 6.88. The predicted molar refractivity (Wildman–Crippen MR) is 93.9 cm³/mol. The van der Waals surface area contributed by atoms with E-state index >= 15 is 0 Å². The summed E-state index contributed by atoms with van der Waals surface area (Å²) in [5, 5.41) is 25.4. The summed E-state index contributed by atoms with van der Waals surface area (Å²) in [6.07, 6.45) is 1.57. The van der Waals surface area contributed by atoms with E-state index in [-0.39, 0.29) is 40.4 Å². The van der Waals surface area contributed by atoms with Crippen LogP contribution in [0.1, 0.15) is 43.4 Å². The average molecular weight is 372 g/mol. The van der Waals surface area contributed by atoms with Crippen LogP contribution in [-0.4, -0.2) is 21.9 Å². The number of pyridine rings is 1. The highest BCUT2D eigenvalue weighted by molar-refractivity contribution is 8.00. The highest BCUT2D eigenvalue weighted by Crippen LogP contribution is 2.32. The maximum Gasteiger partial charge on any atom is 0.302 e.